The van der Waals surface area contributed by atoms with E-state index in [1.165, 1.54) is 25.0 Å². The number of aryl methyl sites for hydroxylation is 1. The zero-order valence-corrected chi connectivity index (χ0v) is 12.5. The molecule has 1 atom stereocenters. The number of nitrogens with zero attached hydrogens (tertiary/aromatic N) is 1. The lowest BCUT2D eigenvalue weighted by atomic mass is 10.2. The van der Waals surface area contributed by atoms with Gasteiger partial charge in [-0.05, 0) is 55.4 Å². The van der Waals surface area contributed by atoms with Gasteiger partial charge < -0.3 is 9.55 Å². The van der Waals surface area contributed by atoms with E-state index in [9.17, 15) is 4.39 Å². The molecule has 1 aliphatic heterocycles. The highest BCUT2D eigenvalue weighted by Gasteiger charge is 2.17. The molecule has 1 N–H and O–H groups in total. The van der Waals surface area contributed by atoms with Gasteiger partial charge in [-0.15, -0.1) is 0 Å². The van der Waals surface area contributed by atoms with Gasteiger partial charge in [0.05, 0.1) is 11.0 Å². The second-order valence-corrected chi connectivity index (χ2v) is 6.94. The highest BCUT2D eigenvalue weighted by molar-refractivity contribution is 7.99. The molecule has 1 fully saturated rings. The van der Waals surface area contributed by atoms with E-state index < -0.39 is 0 Å². The summed E-state index contributed by atoms with van der Waals surface area (Å²) < 4.78 is 16.4. The van der Waals surface area contributed by atoms with Crippen LogP contribution in [0.5, 0.6) is 0 Å². The number of hydrogen-bond donors (Lipinski definition) is 1. The minimum Gasteiger partial charge on any atom is -0.330 e. The number of aromatic nitrogens is 2. The molecule has 2 heterocycles. The molecular weight excluding hydrogens is 279 g/mol. The van der Waals surface area contributed by atoms with Crippen LogP contribution < -0.4 is 0 Å². The van der Waals surface area contributed by atoms with E-state index in [1.54, 1.807) is 13.0 Å². The van der Waals surface area contributed by atoms with E-state index in [1.807, 2.05) is 17.8 Å². The van der Waals surface area contributed by atoms with Crippen molar-refractivity contribution in [2.45, 2.75) is 38.0 Å². The molecule has 2 aromatic rings. The van der Waals surface area contributed by atoms with Crippen LogP contribution in [-0.4, -0.2) is 20.6 Å². The summed E-state index contributed by atoms with van der Waals surface area (Å²) in [6.07, 6.45) is 3.88. The summed E-state index contributed by atoms with van der Waals surface area (Å²) in [5, 5.41) is 0.629. The quantitative estimate of drug-likeness (QED) is 0.827. The van der Waals surface area contributed by atoms with Gasteiger partial charge in [0.1, 0.15) is 5.82 Å². The molecule has 0 bridgehead atoms. The van der Waals surface area contributed by atoms with E-state index in [0.717, 1.165) is 17.6 Å². The topological polar surface area (TPSA) is 20.7 Å². The molecule has 0 amide bonds. The van der Waals surface area contributed by atoms with Crippen LogP contribution in [0.2, 0.25) is 0 Å². The van der Waals surface area contributed by atoms with E-state index in [0.29, 0.717) is 15.6 Å². The number of imidazole rings is 1. The van der Waals surface area contributed by atoms with Gasteiger partial charge in [0.15, 0.2) is 4.77 Å². The van der Waals surface area contributed by atoms with Gasteiger partial charge >= 0.3 is 0 Å². The number of thioether (sulfide) groups is 1. The van der Waals surface area contributed by atoms with Gasteiger partial charge in [0.25, 0.3) is 0 Å². The van der Waals surface area contributed by atoms with Crippen LogP contribution >= 0.6 is 24.0 Å². The Kier molecular flexibility index (Phi) is 3.67. The Balaban J connectivity index is 2.00. The average Bonchev–Trinajstić information content (AvgIpc) is 2.68. The van der Waals surface area contributed by atoms with E-state index in [2.05, 4.69) is 9.55 Å². The summed E-state index contributed by atoms with van der Waals surface area (Å²) in [6, 6.07) is 3.44. The average molecular weight is 296 g/mol. The Hall–Kier alpha value is -0.810. The molecule has 1 aromatic carbocycles. The van der Waals surface area contributed by atoms with Crippen LogP contribution in [0.3, 0.4) is 0 Å². The van der Waals surface area contributed by atoms with E-state index in [-0.39, 0.29) is 5.82 Å². The van der Waals surface area contributed by atoms with Crippen molar-refractivity contribution >= 4 is 35.0 Å². The minimum atomic E-state index is -0.178. The molecule has 1 aromatic heterocycles. The molecule has 1 unspecified atom stereocenters. The fourth-order valence-electron chi connectivity index (χ4n) is 2.62. The van der Waals surface area contributed by atoms with Gasteiger partial charge in [0.2, 0.25) is 0 Å². The lowest BCUT2D eigenvalue weighted by Crippen LogP contribution is -2.17. The molecule has 5 heteroatoms. The number of fused-ring (bicyclic) bond motifs is 1. The lowest BCUT2D eigenvalue weighted by Gasteiger charge is -2.21. The van der Waals surface area contributed by atoms with Crippen molar-refractivity contribution in [2.24, 2.45) is 0 Å². The molecule has 0 saturated carbocycles. The van der Waals surface area contributed by atoms with Crippen molar-refractivity contribution in [3.8, 4) is 0 Å². The molecule has 19 heavy (non-hydrogen) atoms. The van der Waals surface area contributed by atoms with Gasteiger partial charge in [-0.3, -0.25) is 0 Å². The van der Waals surface area contributed by atoms with Crippen LogP contribution in [0.15, 0.2) is 12.1 Å². The van der Waals surface area contributed by atoms with Crippen molar-refractivity contribution in [3.05, 3.63) is 28.3 Å². The third-order valence-electron chi connectivity index (χ3n) is 3.71. The Bertz CT molecular complexity index is 653. The van der Waals surface area contributed by atoms with Crippen molar-refractivity contribution < 1.29 is 4.39 Å². The zero-order valence-electron chi connectivity index (χ0n) is 10.9. The highest BCUT2D eigenvalue weighted by Crippen LogP contribution is 2.28. The second-order valence-electron chi connectivity index (χ2n) is 5.15. The first kappa shape index (κ1) is 13.2. The second kappa shape index (κ2) is 5.29. The van der Waals surface area contributed by atoms with Crippen LogP contribution in [0.25, 0.3) is 11.0 Å². The standard InChI is InChI=1S/C14H17FN2S2/c1-9-6-13-12(7-11(9)15)16-14(18)17(13)8-10-4-2-3-5-19-10/h6-7,10H,2-5,8H2,1H3,(H,16,18). The van der Waals surface area contributed by atoms with Crippen LogP contribution in [-0.2, 0) is 6.54 Å². The summed E-state index contributed by atoms with van der Waals surface area (Å²) in [6.45, 7) is 2.72. The maximum atomic E-state index is 13.6. The third-order valence-corrected chi connectivity index (χ3v) is 5.42. The maximum Gasteiger partial charge on any atom is 0.178 e. The monoisotopic (exact) mass is 296 g/mol. The number of rotatable bonds is 2. The van der Waals surface area contributed by atoms with Crippen molar-refractivity contribution in [1.29, 1.82) is 0 Å². The highest BCUT2D eigenvalue weighted by atomic mass is 32.2. The first-order valence-electron chi connectivity index (χ1n) is 6.65. The predicted molar refractivity (Wildman–Crippen MR) is 81.9 cm³/mol. The van der Waals surface area contributed by atoms with Gasteiger partial charge in [0, 0.05) is 11.8 Å². The number of halogens is 1. The van der Waals surface area contributed by atoms with Crippen molar-refractivity contribution in [1.82, 2.24) is 9.55 Å². The number of nitrogens with one attached hydrogen (secondary N) is 1. The largest absolute Gasteiger partial charge is 0.330 e. The molecule has 0 spiro atoms. The third kappa shape index (κ3) is 2.58. The van der Waals surface area contributed by atoms with Crippen LogP contribution in [0.1, 0.15) is 24.8 Å². The zero-order chi connectivity index (χ0) is 13.4. The Morgan fingerprint density at radius 1 is 1.47 bits per heavy atom. The lowest BCUT2D eigenvalue weighted by molar-refractivity contribution is 0.587. The Morgan fingerprint density at radius 3 is 3.05 bits per heavy atom. The Labute approximate surface area is 121 Å². The fraction of sp³-hybridized carbons (Fsp3) is 0.500. The van der Waals surface area contributed by atoms with E-state index >= 15 is 0 Å². The summed E-state index contributed by atoms with van der Waals surface area (Å²) >= 11 is 7.41. The van der Waals surface area contributed by atoms with Crippen molar-refractivity contribution in [2.75, 3.05) is 5.75 Å². The van der Waals surface area contributed by atoms with Gasteiger partial charge in [-0.2, -0.15) is 11.8 Å². The molecule has 1 saturated heterocycles. The SMILES string of the molecule is Cc1cc2c(cc1F)[nH]c(=S)n2CC1CCCCS1. The first-order valence-corrected chi connectivity index (χ1v) is 8.11. The molecule has 2 nitrogen and oxygen atoms in total. The van der Waals surface area contributed by atoms with Gasteiger partial charge in [-0.1, -0.05) is 6.42 Å². The number of hydrogen-bond acceptors (Lipinski definition) is 2. The fourth-order valence-corrected chi connectivity index (χ4v) is 4.19. The van der Waals surface area contributed by atoms with E-state index in [4.69, 9.17) is 12.2 Å². The van der Waals surface area contributed by atoms with Crippen LogP contribution in [0.4, 0.5) is 4.39 Å². The molecule has 3 rings (SSSR count). The number of benzene rings is 1. The smallest absolute Gasteiger partial charge is 0.178 e. The van der Waals surface area contributed by atoms with Crippen molar-refractivity contribution in [3.63, 3.8) is 0 Å². The van der Waals surface area contributed by atoms with Gasteiger partial charge in [-0.25, -0.2) is 4.39 Å². The Morgan fingerprint density at radius 2 is 2.32 bits per heavy atom. The minimum absolute atomic E-state index is 0.178. The predicted octanol–water partition coefficient (Wildman–Crippen LogP) is 4.43. The summed E-state index contributed by atoms with van der Waals surface area (Å²) in [4.78, 5) is 3.11. The summed E-state index contributed by atoms with van der Waals surface area (Å²) in [7, 11) is 0. The summed E-state index contributed by atoms with van der Waals surface area (Å²) in [5.41, 5.74) is 2.50. The summed E-state index contributed by atoms with van der Waals surface area (Å²) in [5.74, 6) is 1.07. The normalized spacial score (nSPS) is 20.0. The number of H-pyrrole nitrogens is 1. The molecular formula is C14H17FN2S2. The maximum absolute atomic E-state index is 13.6. The molecule has 0 radical (unpaired) electrons. The number of aromatic amines is 1. The van der Waals surface area contributed by atoms with Crippen LogP contribution in [0, 0.1) is 17.5 Å². The first-order chi connectivity index (χ1) is 9.15. The molecule has 0 aliphatic carbocycles. The molecule has 1 aliphatic rings. The molecule has 102 valence electrons.